The second-order valence-electron chi connectivity index (χ2n) is 26.6. The van der Waals surface area contributed by atoms with Crippen molar-refractivity contribution in [3.05, 3.63) is 131 Å². The van der Waals surface area contributed by atoms with Crippen LogP contribution in [0, 0.1) is 11.8 Å². The van der Waals surface area contributed by atoms with Crippen molar-refractivity contribution in [2.45, 2.75) is 157 Å². The largest absolute Gasteiger partial charge is 0.420 e. The maximum atomic E-state index is 13.1. The van der Waals surface area contributed by atoms with E-state index in [1.54, 1.807) is 6.20 Å². The van der Waals surface area contributed by atoms with Gasteiger partial charge in [-0.05, 0) is 124 Å². The number of rotatable bonds is 32. The number of aromatic amines is 4. The highest BCUT2D eigenvalue weighted by molar-refractivity contribution is 7.17. The van der Waals surface area contributed by atoms with Gasteiger partial charge in [0.05, 0.1) is 6.20 Å². The van der Waals surface area contributed by atoms with Crippen molar-refractivity contribution in [3.8, 4) is 0 Å². The standard InChI is InChI=1S/C26H36N4O2.C25H36N6O.C24H34N6OS/c1-3-5-8-20(16-21-18-27-23-10-7-6-9-22(21)23)17-24(31)25-19-28-26(32-25)30-14-12-29(11-4-2)13-15-30;1-3-5-8-19(16-20-18-26-22-10-7-6-9-21(20)22)17-23(32)24-27-25(29-28-24)31-14-12-30(11-4-2)13-15-31;1-3-5-8-19(16-18-17-25-21-10-7-6-9-20(18)21)26-22(31)23-27-28-24(32-23)30-14-12-29(11-4-2)13-15-30/h6-7,9-10,18-20,27H,3-5,8,11-17H2,1-2H3;6-7,9-10,18-19,26H,3-5,8,11-17H2,1-2H3,(H,27,28,29);6-7,9-10,17,19,25H,3-5,8,11-16H2,1-2H3,(H,26,31). The lowest BCUT2D eigenvalue weighted by Crippen LogP contribution is -2.46. The Bertz CT molecular complexity index is 3400. The van der Waals surface area contributed by atoms with Crippen LogP contribution in [0.4, 0.5) is 17.1 Å². The predicted molar refractivity (Wildman–Crippen MR) is 390 cm³/mol. The van der Waals surface area contributed by atoms with E-state index in [1.807, 2.05) is 18.2 Å². The minimum absolute atomic E-state index is 0.0642. The molecule has 6 aromatic heterocycles. The van der Waals surface area contributed by atoms with Crippen molar-refractivity contribution in [1.82, 2.24) is 65.3 Å². The van der Waals surface area contributed by atoms with Gasteiger partial charge in [-0.1, -0.05) is 146 Å². The lowest BCUT2D eigenvalue weighted by Gasteiger charge is -2.34. The number of hydrogen-bond donors (Lipinski definition) is 5. The summed E-state index contributed by atoms with van der Waals surface area (Å²) < 4.78 is 5.93. The number of ketones is 2. The summed E-state index contributed by atoms with van der Waals surface area (Å²) in [5.41, 5.74) is 7.26. The van der Waals surface area contributed by atoms with Crippen LogP contribution in [0.5, 0.6) is 0 Å². The third-order valence-corrected chi connectivity index (χ3v) is 20.3. The minimum Gasteiger partial charge on any atom is -0.420 e. The Kier molecular flexibility index (Phi) is 27.1. The summed E-state index contributed by atoms with van der Waals surface area (Å²) in [4.78, 5) is 72.2. The zero-order valence-electron chi connectivity index (χ0n) is 58.1. The Hall–Kier alpha value is -7.72. The molecule has 21 heteroatoms. The van der Waals surface area contributed by atoms with Crippen LogP contribution in [0.3, 0.4) is 0 Å². The molecule has 96 heavy (non-hydrogen) atoms. The number of unbranched alkanes of at least 4 members (excludes halogenated alkanes) is 3. The molecule has 3 saturated heterocycles. The number of benzene rings is 3. The molecule has 0 spiro atoms. The van der Waals surface area contributed by atoms with E-state index in [-0.39, 0.29) is 23.5 Å². The van der Waals surface area contributed by atoms with Crippen molar-refractivity contribution in [2.75, 3.05) is 113 Å². The van der Waals surface area contributed by atoms with Crippen LogP contribution in [-0.4, -0.2) is 182 Å². The molecular formula is C75H106N16O4S. The van der Waals surface area contributed by atoms with Crippen LogP contribution in [0.25, 0.3) is 32.7 Å². The highest BCUT2D eigenvalue weighted by Gasteiger charge is 2.28. The number of H-pyrrole nitrogens is 4. The molecule has 12 rings (SSSR count). The Morgan fingerprint density at radius 3 is 1.49 bits per heavy atom. The fraction of sp³-hybridized carbons (Fsp3) is 0.547. The number of hydrogen-bond acceptors (Lipinski definition) is 16. The number of amides is 1. The van der Waals surface area contributed by atoms with Crippen molar-refractivity contribution in [3.63, 3.8) is 0 Å². The zero-order chi connectivity index (χ0) is 67.0. The molecule has 3 atom stereocenters. The summed E-state index contributed by atoms with van der Waals surface area (Å²) in [6, 6.07) is 25.7. The summed E-state index contributed by atoms with van der Waals surface area (Å²) in [5, 5.41) is 24.1. The van der Waals surface area contributed by atoms with Gasteiger partial charge in [0, 0.05) is 149 Å². The first-order valence-corrected chi connectivity index (χ1v) is 37.0. The molecule has 0 saturated carbocycles. The van der Waals surface area contributed by atoms with Crippen molar-refractivity contribution in [1.29, 1.82) is 0 Å². The number of anilines is 3. The molecule has 20 nitrogen and oxygen atoms in total. The zero-order valence-corrected chi connectivity index (χ0v) is 58.9. The van der Waals surface area contributed by atoms with Crippen LogP contribution in [0.15, 0.2) is 102 Å². The van der Waals surface area contributed by atoms with Gasteiger partial charge in [0.25, 0.3) is 11.9 Å². The lowest BCUT2D eigenvalue weighted by atomic mass is 9.89. The topological polar surface area (TPSA) is 223 Å². The molecule has 3 aromatic carbocycles. The van der Waals surface area contributed by atoms with E-state index < -0.39 is 0 Å². The molecule has 3 aliphatic rings. The second-order valence-corrected chi connectivity index (χ2v) is 27.6. The molecule has 0 radical (unpaired) electrons. The van der Waals surface area contributed by atoms with Gasteiger partial charge in [-0.2, -0.15) is 4.98 Å². The summed E-state index contributed by atoms with van der Waals surface area (Å²) >= 11 is 1.41. The Balaban J connectivity index is 0.000000157. The first-order chi connectivity index (χ1) is 47.0. The van der Waals surface area contributed by atoms with Gasteiger partial charge in [-0.3, -0.25) is 34.2 Å². The van der Waals surface area contributed by atoms with Crippen LogP contribution in [0.2, 0.25) is 0 Å². The average Bonchev–Trinajstić information content (AvgIpc) is 3.91. The summed E-state index contributed by atoms with van der Waals surface area (Å²) in [7, 11) is 0. The lowest BCUT2D eigenvalue weighted by molar-refractivity contribution is 0.0924. The van der Waals surface area contributed by atoms with E-state index in [9.17, 15) is 14.4 Å². The van der Waals surface area contributed by atoms with Crippen LogP contribution < -0.4 is 20.0 Å². The molecule has 5 N–H and O–H groups in total. The second kappa shape index (κ2) is 36.6. The number of carbonyl (C=O) groups excluding carboxylic acids is 3. The first-order valence-electron chi connectivity index (χ1n) is 36.2. The number of oxazole rings is 1. The number of fused-ring (bicyclic) bond motifs is 3. The van der Waals surface area contributed by atoms with Crippen molar-refractivity contribution in [2.24, 2.45) is 11.8 Å². The molecule has 9 heterocycles. The van der Waals surface area contributed by atoms with Crippen LogP contribution in [0.1, 0.15) is 179 Å². The highest BCUT2D eigenvalue weighted by Crippen LogP contribution is 2.30. The molecule has 0 bridgehead atoms. The third kappa shape index (κ3) is 19.7. The molecular weight excluding hydrogens is 1220 g/mol. The van der Waals surface area contributed by atoms with Gasteiger partial charge in [0.1, 0.15) is 0 Å². The van der Waals surface area contributed by atoms with E-state index in [2.05, 4.69) is 195 Å². The van der Waals surface area contributed by atoms with Gasteiger partial charge in [0.2, 0.25) is 16.1 Å². The number of nitrogens with one attached hydrogen (secondary N) is 5. The van der Waals surface area contributed by atoms with E-state index in [0.29, 0.717) is 53.2 Å². The van der Waals surface area contributed by atoms with Gasteiger partial charge >= 0.3 is 0 Å². The number of carbonyl (C=O) groups is 3. The van der Waals surface area contributed by atoms with Gasteiger partial charge < -0.3 is 39.4 Å². The molecule has 0 aliphatic carbocycles. The Morgan fingerprint density at radius 1 is 0.531 bits per heavy atom. The third-order valence-electron chi connectivity index (χ3n) is 19.3. The van der Waals surface area contributed by atoms with Gasteiger partial charge in [-0.15, -0.1) is 15.3 Å². The Morgan fingerprint density at radius 2 is 0.990 bits per heavy atom. The number of nitrogens with zero attached hydrogens (tertiary/aromatic N) is 11. The number of piperazine rings is 3. The summed E-state index contributed by atoms with van der Waals surface area (Å²) in [5.74, 6) is 2.07. The predicted octanol–water partition coefficient (Wildman–Crippen LogP) is 13.8. The monoisotopic (exact) mass is 1330 g/mol. The fourth-order valence-electron chi connectivity index (χ4n) is 13.9. The van der Waals surface area contributed by atoms with Crippen LogP contribution in [-0.2, 0) is 19.3 Å². The summed E-state index contributed by atoms with van der Waals surface area (Å²) in [6.07, 6.45) is 24.8. The molecule has 1 amide bonds. The summed E-state index contributed by atoms with van der Waals surface area (Å²) in [6.45, 7) is 28.3. The molecule has 3 unspecified atom stereocenters. The SMILES string of the molecule is CCCCC(CC(=O)c1cnc(N2CCN(CCC)CC2)o1)Cc1c[nH]c2ccccc12.CCCCC(CC(=O)c1nc(N2CCN(CCC)CC2)n[nH]1)Cc1c[nH]c2ccccc12.CCCCC(Cc1c[nH]c2ccccc12)NC(=O)c1nnc(N2CCN(CCC)CC2)s1. The number of aromatic nitrogens is 9. The van der Waals surface area contributed by atoms with Gasteiger partial charge in [0.15, 0.2) is 23.2 Å². The number of Topliss-reactive ketones (excluding diaryl/α,β-unsaturated/α-hetero) is 2. The van der Waals surface area contributed by atoms with E-state index >= 15 is 0 Å². The van der Waals surface area contributed by atoms with Crippen molar-refractivity contribution >= 4 is 78.6 Å². The fourth-order valence-corrected chi connectivity index (χ4v) is 14.7. The van der Waals surface area contributed by atoms with Crippen LogP contribution >= 0.6 is 11.3 Å². The average molecular weight is 1330 g/mol. The Labute approximate surface area is 572 Å². The normalized spacial score (nSPS) is 16.0. The first kappa shape index (κ1) is 71.1. The van der Waals surface area contributed by atoms with Gasteiger partial charge in [-0.25, -0.2) is 4.98 Å². The molecule has 9 aromatic rings. The number of para-hydroxylation sites is 3. The maximum Gasteiger partial charge on any atom is 0.297 e. The highest BCUT2D eigenvalue weighted by atomic mass is 32.1. The van der Waals surface area contributed by atoms with E-state index in [4.69, 9.17) is 4.42 Å². The van der Waals surface area contributed by atoms with E-state index in [0.717, 1.165) is 197 Å². The van der Waals surface area contributed by atoms with E-state index in [1.165, 1.54) is 63.4 Å². The smallest absolute Gasteiger partial charge is 0.297 e. The quantitative estimate of drug-likeness (QED) is 0.0247. The molecule has 516 valence electrons. The maximum absolute atomic E-state index is 13.1. The minimum atomic E-state index is -0.112. The van der Waals surface area contributed by atoms with Crippen molar-refractivity contribution < 1.29 is 18.8 Å². The molecule has 3 aliphatic heterocycles. The molecule has 3 fully saturated rings.